The second kappa shape index (κ2) is 8.83. The molecule has 0 amide bonds. The fraction of sp³-hybridized carbons (Fsp3) is 0.200. The zero-order valence-electron chi connectivity index (χ0n) is 14.2. The van der Waals surface area contributed by atoms with E-state index >= 15 is 0 Å². The van der Waals surface area contributed by atoms with Gasteiger partial charge >= 0.3 is 0 Å². The molecule has 0 bridgehead atoms. The molecule has 0 atom stereocenters. The van der Waals surface area contributed by atoms with Crippen LogP contribution in [0, 0.1) is 0 Å². The van der Waals surface area contributed by atoms with Gasteiger partial charge in [-0.25, -0.2) is 0 Å². The van der Waals surface area contributed by atoms with Crippen LogP contribution in [-0.2, 0) is 6.54 Å². The third kappa shape index (κ3) is 4.36. The Kier molecular flexibility index (Phi) is 6.49. The zero-order valence-corrected chi connectivity index (χ0v) is 16.5. The Bertz CT molecular complexity index is 892. The van der Waals surface area contributed by atoms with Crippen LogP contribution < -0.4 is 14.8 Å². The molecule has 3 aromatic carbocycles. The van der Waals surface area contributed by atoms with Crippen molar-refractivity contribution in [2.24, 2.45) is 0 Å². The second-order valence-corrected chi connectivity index (χ2v) is 6.94. The predicted molar refractivity (Wildman–Crippen MR) is 109 cm³/mol. The molecular weight excluding hydrogens is 393 g/mol. The molecule has 0 aliphatic heterocycles. The van der Waals surface area contributed by atoms with E-state index in [1.807, 2.05) is 25.2 Å². The molecule has 26 heavy (non-hydrogen) atoms. The molecule has 1 N–H and O–H groups in total. The third-order valence-corrected chi connectivity index (χ3v) is 4.68. The Hall–Kier alpha value is -1.65. The fourth-order valence-electron chi connectivity index (χ4n) is 2.77. The summed E-state index contributed by atoms with van der Waals surface area (Å²) < 4.78 is 11.6. The van der Waals surface area contributed by atoms with Crippen molar-refractivity contribution >= 4 is 45.6 Å². The quantitative estimate of drug-likeness (QED) is 0.486. The number of halogens is 3. The first-order valence-corrected chi connectivity index (χ1v) is 9.29. The van der Waals surface area contributed by atoms with Gasteiger partial charge in [0.2, 0.25) is 0 Å². The maximum Gasteiger partial charge on any atom is 0.156 e. The van der Waals surface area contributed by atoms with E-state index in [-0.39, 0.29) is 0 Å². The van der Waals surface area contributed by atoms with E-state index in [1.54, 1.807) is 12.1 Å². The third-order valence-electron chi connectivity index (χ3n) is 3.90. The van der Waals surface area contributed by atoms with Gasteiger partial charge in [-0.1, -0.05) is 65.1 Å². The lowest BCUT2D eigenvalue weighted by molar-refractivity contribution is 0.216. The SMILES string of the molecule is CNCc1c(OCCOc2c(Cl)cc(Cl)cc2Cl)ccc2ccccc12. The Morgan fingerprint density at radius 2 is 1.58 bits per heavy atom. The van der Waals surface area contributed by atoms with Gasteiger partial charge < -0.3 is 14.8 Å². The van der Waals surface area contributed by atoms with Crippen LogP contribution in [-0.4, -0.2) is 20.3 Å². The van der Waals surface area contributed by atoms with Crippen molar-refractivity contribution in [3.8, 4) is 11.5 Å². The average Bonchev–Trinajstić information content (AvgIpc) is 2.61. The van der Waals surface area contributed by atoms with E-state index in [4.69, 9.17) is 44.3 Å². The normalized spacial score (nSPS) is 10.9. The Balaban J connectivity index is 1.69. The summed E-state index contributed by atoms with van der Waals surface area (Å²) in [6.07, 6.45) is 0. The summed E-state index contributed by atoms with van der Waals surface area (Å²) in [5.74, 6) is 1.24. The molecule has 0 unspecified atom stereocenters. The summed E-state index contributed by atoms with van der Waals surface area (Å²) in [4.78, 5) is 0. The maximum atomic E-state index is 6.12. The smallest absolute Gasteiger partial charge is 0.156 e. The van der Waals surface area contributed by atoms with E-state index in [9.17, 15) is 0 Å². The van der Waals surface area contributed by atoms with Crippen LogP contribution in [0.25, 0.3) is 10.8 Å². The number of nitrogens with one attached hydrogen (secondary N) is 1. The van der Waals surface area contributed by atoms with E-state index < -0.39 is 0 Å². The van der Waals surface area contributed by atoms with Crippen LogP contribution in [0.5, 0.6) is 11.5 Å². The molecule has 0 aliphatic rings. The minimum Gasteiger partial charge on any atom is -0.490 e. The Morgan fingerprint density at radius 1 is 0.885 bits per heavy atom. The van der Waals surface area contributed by atoms with Gasteiger partial charge in [0.25, 0.3) is 0 Å². The first kappa shape index (κ1) is 19.1. The molecule has 0 fully saturated rings. The molecule has 0 aromatic heterocycles. The molecule has 3 aromatic rings. The van der Waals surface area contributed by atoms with Crippen LogP contribution >= 0.6 is 34.8 Å². The Labute approximate surface area is 167 Å². The average molecular weight is 411 g/mol. The minimum absolute atomic E-state index is 0.312. The maximum absolute atomic E-state index is 6.12. The van der Waals surface area contributed by atoms with Gasteiger partial charge in [-0.05, 0) is 36.0 Å². The van der Waals surface area contributed by atoms with Crippen LogP contribution in [0.2, 0.25) is 15.1 Å². The summed E-state index contributed by atoms with van der Waals surface area (Å²) in [6.45, 7) is 1.39. The number of fused-ring (bicyclic) bond motifs is 1. The van der Waals surface area contributed by atoms with Gasteiger partial charge in [-0.2, -0.15) is 0 Å². The van der Waals surface area contributed by atoms with Gasteiger partial charge in [0.1, 0.15) is 19.0 Å². The van der Waals surface area contributed by atoms with E-state index in [0.717, 1.165) is 11.3 Å². The summed E-state index contributed by atoms with van der Waals surface area (Å²) in [5.41, 5.74) is 1.12. The summed E-state index contributed by atoms with van der Waals surface area (Å²) >= 11 is 18.1. The monoisotopic (exact) mass is 409 g/mol. The van der Waals surface area contributed by atoms with Gasteiger partial charge in [-0.3, -0.25) is 0 Å². The second-order valence-electron chi connectivity index (χ2n) is 5.69. The Morgan fingerprint density at radius 3 is 2.31 bits per heavy atom. The standard InChI is InChI=1S/C20H18Cl3NO2/c1-24-12-16-15-5-3-2-4-13(15)6-7-19(16)25-8-9-26-20-17(22)10-14(21)11-18(20)23/h2-7,10-11,24H,8-9,12H2,1H3. The molecule has 0 aliphatic carbocycles. The van der Waals surface area contributed by atoms with Crippen molar-refractivity contribution in [3.05, 3.63) is 69.2 Å². The summed E-state index contributed by atoms with van der Waals surface area (Å²) in [6, 6.07) is 15.5. The molecule has 6 heteroatoms. The molecule has 0 heterocycles. The molecule has 3 rings (SSSR count). The number of rotatable bonds is 7. The van der Waals surface area contributed by atoms with E-state index in [0.29, 0.717) is 40.6 Å². The van der Waals surface area contributed by atoms with Crippen molar-refractivity contribution in [2.75, 3.05) is 20.3 Å². The molecule has 0 spiro atoms. The highest BCUT2D eigenvalue weighted by Gasteiger charge is 2.11. The van der Waals surface area contributed by atoms with Gasteiger partial charge in [-0.15, -0.1) is 0 Å². The predicted octanol–water partition coefficient (Wildman–Crippen LogP) is 5.98. The molecule has 0 saturated carbocycles. The highest BCUT2D eigenvalue weighted by molar-refractivity contribution is 6.40. The molecule has 0 radical (unpaired) electrons. The lowest BCUT2D eigenvalue weighted by Crippen LogP contribution is -2.12. The lowest BCUT2D eigenvalue weighted by atomic mass is 10.0. The van der Waals surface area contributed by atoms with Gasteiger partial charge in [0.05, 0.1) is 10.0 Å². The first-order chi connectivity index (χ1) is 12.6. The minimum atomic E-state index is 0.312. The largest absolute Gasteiger partial charge is 0.490 e. The zero-order chi connectivity index (χ0) is 18.5. The number of ether oxygens (including phenoxy) is 2. The highest BCUT2D eigenvalue weighted by atomic mass is 35.5. The van der Waals surface area contributed by atoms with Crippen molar-refractivity contribution < 1.29 is 9.47 Å². The molecular formula is C20H18Cl3NO2. The van der Waals surface area contributed by atoms with Crippen molar-refractivity contribution in [3.63, 3.8) is 0 Å². The highest BCUT2D eigenvalue weighted by Crippen LogP contribution is 2.35. The van der Waals surface area contributed by atoms with Crippen molar-refractivity contribution in [1.29, 1.82) is 0 Å². The fourth-order valence-corrected chi connectivity index (χ4v) is 3.70. The summed E-state index contributed by atoms with van der Waals surface area (Å²) in [7, 11) is 1.92. The van der Waals surface area contributed by atoms with Crippen LogP contribution in [0.15, 0.2) is 48.5 Å². The van der Waals surface area contributed by atoms with Crippen LogP contribution in [0.1, 0.15) is 5.56 Å². The molecule has 136 valence electrons. The van der Waals surface area contributed by atoms with Gasteiger partial charge in [0, 0.05) is 17.1 Å². The van der Waals surface area contributed by atoms with Crippen molar-refractivity contribution in [1.82, 2.24) is 5.32 Å². The lowest BCUT2D eigenvalue weighted by Gasteiger charge is -2.15. The summed E-state index contributed by atoms with van der Waals surface area (Å²) in [5, 5.41) is 6.77. The number of benzene rings is 3. The van der Waals surface area contributed by atoms with Crippen LogP contribution in [0.4, 0.5) is 0 Å². The number of hydrogen-bond acceptors (Lipinski definition) is 3. The molecule has 0 saturated heterocycles. The van der Waals surface area contributed by atoms with Crippen molar-refractivity contribution in [2.45, 2.75) is 6.54 Å². The van der Waals surface area contributed by atoms with Gasteiger partial charge in [0.15, 0.2) is 5.75 Å². The van der Waals surface area contributed by atoms with E-state index in [2.05, 4.69) is 23.5 Å². The topological polar surface area (TPSA) is 30.5 Å². The first-order valence-electron chi connectivity index (χ1n) is 8.15. The van der Waals surface area contributed by atoms with E-state index in [1.165, 1.54) is 10.8 Å². The molecule has 3 nitrogen and oxygen atoms in total. The number of hydrogen-bond donors (Lipinski definition) is 1. The van der Waals surface area contributed by atoms with Crippen LogP contribution in [0.3, 0.4) is 0 Å².